The number of halogens is 2. The molecule has 1 aromatic heterocycles. The number of aromatic nitrogens is 2. The largest absolute Gasteiger partial charge is 0.482 e. The second-order valence-corrected chi connectivity index (χ2v) is 6.26. The van der Waals surface area contributed by atoms with Crippen molar-refractivity contribution in [1.82, 2.24) is 9.78 Å². The van der Waals surface area contributed by atoms with Crippen molar-refractivity contribution in [3.8, 4) is 5.75 Å². The van der Waals surface area contributed by atoms with Crippen LogP contribution in [0.1, 0.15) is 16.2 Å². The number of benzene rings is 2. The second-order valence-electron chi connectivity index (χ2n) is 5.07. The smallest absolute Gasteiger partial charge is 0.287 e. The highest BCUT2D eigenvalue weighted by Crippen LogP contribution is 2.28. The summed E-state index contributed by atoms with van der Waals surface area (Å²) in [5, 5.41) is 5.06. The molecule has 3 rings (SSSR count). The first-order valence-corrected chi connectivity index (χ1v) is 8.42. The van der Waals surface area contributed by atoms with Crippen LogP contribution in [0.2, 0.25) is 10.0 Å². The van der Waals surface area contributed by atoms with Gasteiger partial charge in [-0.25, -0.2) is 4.68 Å². The van der Waals surface area contributed by atoms with Crippen LogP contribution < -0.4 is 4.74 Å². The molecule has 25 heavy (non-hydrogen) atoms. The zero-order chi connectivity index (χ0) is 17.8. The predicted molar refractivity (Wildman–Crippen MR) is 96.9 cm³/mol. The number of rotatable bonds is 6. The third-order valence-corrected chi connectivity index (χ3v) is 4.11. The zero-order valence-electron chi connectivity index (χ0n) is 12.8. The maximum atomic E-state index is 12.2. The molecule has 0 aliphatic rings. The monoisotopic (exact) mass is 394 g/mol. The van der Waals surface area contributed by atoms with Gasteiger partial charge in [-0.1, -0.05) is 53.5 Å². The van der Waals surface area contributed by atoms with Gasteiger partial charge in [-0.2, -0.15) is 0 Å². The first-order chi connectivity index (χ1) is 12.0. The van der Waals surface area contributed by atoms with E-state index in [4.69, 9.17) is 44.6 Å². The molecule has 1 heterocycles. The molecule has 8 heteroatoms. The molecule has 0 spiro atoms. The van der Waals surface area contributed by atoms with Gasteiger partial charge in [-0.3, -0.25) is 4.79 Å². The van der Waals surface area contributed by atoms with Crippen LogP contribution in [0, 0.1) is 4.84 Å². The van der Waals surface area contributed by atoms with Crippen molar-refractivity contribution in [1.29, 1.82) is 0 Å². The number of ether oxygens (including phenoxy) is 1. The Bertz CT molecular complexity index is 954. The third-order valence-electron chi connectivity index (χ3n) is 3.28. The Kier molecular flexibility index (Phi) is 5.53. The Morgan fingerprint density at radius 2 is 1.96 bits per heavy atom. The number of Topliss-reactive ketones (excluding diaryl/α,β-unsaturated/α-hetero) is 1. The zero-order valence-corrected chi connectivity index (χ0v) is 15.1. The number of carbonyl (C=O) groups excluding carboxylic acids is 1. The highest BCUT2D eigenvalue weighted by molar-refractivity contribution is 7.71. The highest BCUT2D eigenvalue weighted by atomic mass is 35.5. The van der Waals surface area contributed by atoms with E-state index < -0.39 is 0 Å². The van der Waals surface area contributed by atoms with Crippen LogP contribution in [0.25, 0.3) is 0 Å². The normalized spacial score (nSPS) is 10.6. The van der Waals surface area contributed by atoms with Gasteiger partial charge in [0.15, 0.2) is 12.4 Å². The molecular weight excluding hydrogens is 383 g/mol. The molecule has 0 saturated carbocycles. The average Bonchev–Trinajstić information content (AvgIpc) is 2.94. The summed E-state index contributed by atoms with van der Waals surface area (Å²) in [6.45, 7) is 0.0194. The van der Waals surface area contributed by atoms with E-state index >= 15 is 0 Å². The minimum absolute atomic E-state index is 0.00591. The van der Waals surface area contributed by atoms with E-state index in [2.05, 4.69) is 5.10 Å². The SMILES string of the molecule is O=C(Cn1nc(COc2ccc(Cl)cc2Cl)oc1=S)c1ccccc1. The minimum Gasteiger partial charge on any atom is -0.482 e. The molecule has 5 nitrogen and oxygen atoms in total. The molecule has 0 radical (unpaired) electrons. The van der Waals surface area contributed by atoms with Crippen LogP contribution in [-0.2, 0) is 13.2 Å². The number of carbonyl (C=O) groups is 1. The van der Waals surface area contributed by atoms with Crippen molar-refractivity contribution in [3.05, 3.63) is 74.9 Å². The van der Waals surface area contributed by atoms with Crippen LogP contribution in [0.4, 0.5) is 0 Å². The van der Waals surface area contributed by atoms with Crippen molar-refractivity contribution in [2.24, 2.45) is 0 Å². The minimum atomic E-state index is -0.113. The van der Waals surface area contributed by atoms with Gasteiger partial charge >= 0.3 is 0 Å². The van der Waals surface area contributed by atoms with Crippen molar-refractivity contribution in [3.63, 3.8) is 0 Å². The van der Waals surface area contributed by atoms with Gasteiger partial charge in [0.2, 0.25) is 0 Å². The maximum absolute atomic E-state index is 12.2. The number of ketones is 1. The topological polar surface area (TPSA) is 57.3 Å². The fourth-order valence-electron chi connectivity index (χ4n) is 2.09. The summed E-state index contributed by atoms with van der Waals surface area (Å²) in [6, 6.07) is 13.8. The summed E-state index contributed by atoms with van der Waals surface area (Å²) in [7, 11) is 0. The summed E-state index contributed by atoms with van der Waals surface area (Å²) in [6.07, 6.45) is 0. The molecule has 0 atom stereocenters. The Labute approximate surface area is 158 Å². The molecule has 0 unspecified atom stereocenters. The van der Waals surface area contributed by atoms with Gasteiger partial charge in [0.05, 0.1) is 5.02 Å². The van der Waals surface area contributed by atoms with Crippen LogP contribution in [0.15, 0.2) is 52.9 Å². The molecule has 0 saturated heterocycles. The van der Waals surface area contributed by atoms with Crippen molar-refractivity contribution in [2.75, 3.05) is 0 Å². The van der Waals surface area contributed by atoms with Crippen LogP contribution in [0.5, 0.6) is 5.75 Å². The Morgan fingerprint density at radius 1 is 1.20 bits per heavy atom. The van der Waals surface area contributed by atoms with E-state index in [1.807, 2.05) is 6.07 Å². The summed E-state index contributed by atoms with van der Waals surface area (Å²) in [4.78, 5) is 12.3. The molecule has 0 aliphatic heterocycles. The van der Waals surface area contributed by atoms with Crippen molar-refractivity contribution < 1.29 is 13.9 Å². The fourth-order valence-corrected chi connectivity index (χ4v) is 2.76. The molecule has 0 amide bonds. The average molecular weight is 395 g/mol. The molecule has 0 bridgehead atoms. The lowest BCUT2D eigenvalue weighted by Gasteiger charge is -2.05. The molecule has 3 aromatic rings. The van der Waals surface area contributed by atoms with E-state index in [1.165, 1.54) is 4.68 Å². The van der Waals surface area contributed by atoms with Gasteiger partial charge in [0.25, 0.3) is 10.7 Å². The van der Waals surface area contributed by atoms with E-state index in [1.54, 1.807) is 42.5 Å². The molecule has 128 valence electrons. The van der Waals surface area contributed by atoms with Gasteiger partial charge in [-0.05, 0) is 30.4 Å². The highest BCUT2D eigenvalue weighted by Gasteiger charge is 2.12. The van der Waals surface area contributed by atoms with Crippen LogP contribution >= 0.6 is 35.4 Å². The number of hydrogen-bond donors (Lipinski definition) is 0. The van der Waals surface area contributed by atoms with Gasteiger partial charge in [0.1, 0.15) is 12.3 Å². The van der Waals surface area contributed by atoms with E-state index in [0.29, 0.717) is 21.4 Å². The molecule has 2 aromatic carbocycles. The lowest BCUT2D eigenvalue weighted by Crippen LogP contribution is -2.12. The Balaban J connectivity index is 1.68. The molecule has 0 aliphatic carbocycles. The summed E-state index contributed by atoms with van der Waals surface area (Å²) >= 11 is 17.0. The quantitative estimate of drug-likeness (QED) is 0.436. The second kappa shape index (κ2) is 7.82. The van der Waals surface area contributed by atoms with E-state index in [9.17, 15) is 4.79 Å². The Morgan fingerprint density at radius 3 is 2.68 bits per heavy atom. The van der Waals surface area contributed by atoms with E-state index in [0.717, 1.165) is 0 Å². The summed E-state index contributed by atoms with van der Waals surface area (Å²) in [5.74, 6) is 0.581. The van der Waals surface area contributed by atoms with E-state index in [-0.39, 0.29) is 29.7 Å². The van der Waals surface area contributed by atoms with Crippen LogP contribution in [-0.4, -0.2) is 15.6 Å². The van der Waals surface area contributed by atoms with Gasteiger partial charge in [-0.15, -0.1) is 5.10 Å². The maximum Gasteiger partial charge on any atom is 0.287 e. The molecular formula is C17H12Cl2N2O3S. The van der Waals surface area contributed by atoms with Crippen LogP contribution in [0.3, 0.4) is 0 Å². The third kappa shape index (κ3) is 4.48. The number of nitrogens with zero attached hydrogens (tertiary/aromatic N) is 2. The molecule has 0 fully saturated rings. The Hall–Kier alpha value is -2.15. The van der Waals surface area contributed by atoms with Crippen molar-refractivity contribution >= 4 is 41.2 Å². The van der Waals surface area contributed by atoms with Gasteiger partial charge < -0.3 is 9.15 Å². The first-order valence-electron chi connectivity index (χ1n) is 7.26. The standard InChI is InChI=1S/C17H12Cl2N2O3S/c18-12-6-7-15(13(19)8-12)23-10-16-20-21(17(25)24-16)9-14(22)11-4-2-1-3-5-11/h1-8H,9-10H2. The summed E-state index contributed by atoms with van der Waals surface area (Å²) < 4.78 is 12.2. The van der Waals surface area contributed by atoms with Crippen molar-refractivity contribution in [2.45, 2.75) is 13.2 Å². The lowest BCUT2D eigenvalue weighted by molar-refractivity contribution is 0.0966. The lowest BCUT2D eigenvalue weighted by atomic mass is 10.1. The first kappa shape index (κ1) is 17.7. The summed E-state index contributed by atoms with van der Waals surface area (Å²) in [5.41, 5.74) is 0.582. The fraction of sp³-hybridized carbons (Fsp3) is 0.118. The van der Waals surface area contributed by atoms with Gasteiger partial charge in [0, 0.05) is 10.6 Å². The predicted octanol–water partition coefficient (Wildman–Crippen LogP) is 4.97. The molecule has 0 N–H and O–H groups in total. The number of hydrogen-bond acceptors (Lipinski definition) is 5.